The molecule has 0 fully saturated rings. The number of aromatic nitrogens is 1. The first kappa shape index (κ1) is 15.7. The maximum atomic E-state index is 5.76. The van der Waals surface area contributed by atoms with E-state index in [0.29, 0.717) is 11.8 Å². The van der Waals surface area contributed by atoms with E-state index in [1.807, 2.05) is 19.1 Å². The Morgan fingerprint density at radius 2 is 2.18 bits per heavy atom. The summed E-state index contributed by atoms with van der Waals surface area (Å²) in [5.41, 5.74) is 1.12. The molecular formula is C15H17BrN4OS. The molecular weight excluding hydrogens is 364 g/mol. The minimum absolute atomic E-state index is 0.0631. The van der Waals surface area contributed by atoms with Gasteiger partial charge in [-0.05, 0) is 37.2 Å². The van der Waals surface area contributed by atoms with E-state index in [1.165, 1.54) is 11.8 Å². The largest absolute Gasteiger partial charge is 0.481 e. The van der Waals surface area contributed by atoms with Gasteiger partial charge in [0.1, 0.15) is 0 Å². The molecule has 0 bridgehead atoms. The molecule has 0 amide bonds. The number of hydrogen-bond acceptors (Lipinski definition) is 6. The van der Waals surface area contributed by atoms with E-state index in [0.717, 1.165) is 22.9 Å². The summed E-state index contributed by atoms with van der Waals surface area (Å²) in [5.74, 6) is 0.788. The van der Waals surface area contributed by atoms with Gasteiger partial charge in [-0.1, -0.05) is 22.9 Å². The Morgan fingerprint density at radius 1 is 1.32 bits per heavy atom. The fraction of sp³-hybridized carbons (Fsp3) is 0.467. The van der Waals surface area contributed by atoms with E-state index in [1.54, 1.807) is 12.4 Å². The number of hydrogen-bond donors (Lipinski definition) is 0. The minimum atomic E-state index is -0.141. The van der Waals surface area contributed by atoms with E-state index >= 15 is 0 Å². The zero-order valence-electron chi connectivity index (χ0n) is 12.4. The van der Waals surface area contributed by atoms with Gasteiger partial charge in [0.2, 0.25) is 0 Å². The van der Waals surface area contributed by atoms with Gasteiger partial charge in [-0.3, -0.25) is 9.98 Å². The molecule has 2 aliphatic rings. The summed E-state index contributed by atoms with van der Waals surface area (Å²) < 4.78 is 5.76. The number of amidine groups is 1. The lowest BCUT2D eigenvalue weighted by molar-refractivity contribution is 0.295. The molecule has 1 aromatic heterocycles. The van der Waals surface area contributed by atoms with Crippen LogP contribution in [-0.2, 0) is 4.74 Å². The van der Waals surface area contributed by atoms with Crippen molar-refractivity contribution in [3.63, 3.8) is 0 Å². The van der Waals surface area contributed by atoms with Crippen molar-refractivity contribution >= 4 is 44.5 Å². The van der Waals surface area contributed by atoms with Crippen LogP contribution in [0.2, 0.25) is 0 Å². The molecule has 2 aliphatic heterocycles. The predicted molar refractivity (Wildman–Crippen MR) is 94.3 cm³/mol. The average molecular weight is 381 g/mol. The standard InChI is InChI=1S/C15H17BrN4OS/c1-3-10-12(16)11-13(18-10)19-15(20-14(11)21-4-2)22-9-6-5-7-17-8-9/h5-8,11-13H,3-4H2,1-2H3. The van der Waals surface area contributed by atoms with Crippen molar-refractivity contribution in [2.24, 2.45) is 20.9 Å². The summed E-state index contributed by atoms with van der Waals surface area (Å²) in [5, 5.41) is 0.679. The molecule has 0 N–H and O–H groups in total. The van der Waals surface area contributed by atoms with Crippen molar-refractivity contribution in [2.75, 3.05) is 6.61 Å². The molecule has 0 spiro atoms. The van der Waals surface area contributed by atoms with Crippen molar-refractivity contribution in [1.29, 1.82) is 0 Å². The van der Waals surface area contributed by atoms with Gasteiger partial charge in [0, 0.05) is 23.0 Å². The molecule has 3 rings (SSSR count). The molecule has 22 heavy (non-hydrogen) atoms. The normalized spacial score (nSPS) is 26.9. The first-order valence-electron chi connectivity index (χ1n) is 7.30. The van der Waals surface area contributed by atoms with E-state index in [4.69, 9.17) is 9.73 Å². The van der Waals surface area contributed by atoms with Crippen LogP contribution in [0.15, 0.2) is 44.4 Å². The van der Waals surface area contributed by atoms with E-state index in [2.05, 4.69) is 37.8 Å². The fourth-order valence-electron chi connectivity index (χ4n) is 2.48. The van der Waals surface area contributed by atoms with Gasteiger partial charge >= 0.3 is 0 Å². The molecule has 0 saturated carbocycles. The molecule has 3 unspecified atom stereocenters. The monoisotopic (exact) mass is 380 g/mol. The van der Waals surface area contributed by atoms with Crippen LogP contribution in [0.3, 0.4) is 0 Å². The molecule has 116 valence electrons. The SMILES string of the molecule is CCOC1=NC(Sc2cccnc2)=NC2N=C(CC)C(Br)C12. The number of pyridine rings is 1. The van der Waals surface area contributed by atoms with Crippen LogP contribution in [0.25, 0.3) is 0 Å². The second-order valence-corrected chi connectivity index (χ2v) is 6.93. The highest BCUT2D eigenvalue weighted by atomic mass is 79.9. The van der Waals surface area contributed by atoms with Crippen LogP contribution in [0, 0.1) is 5.92 Å². The van der Waals surface area contributed by atoms with Crippen LogP contribution in [0.1, 0.15) is 20.3 Å². The smallest absolute Gasteiger partial charge is 0.199 e. The molecule has 7 heteroatoms. The third-order valence-electron chi connectivity index (χ3n) is 3.48. The van der Waals surface area contributed by atoms with Crippen LogP contribution < -0.4 is 0 Å². The summed E-state index contributed by atoms with van der Waals surface area (Å²) in [6, 6.07) is 3.89. The van der Waals surface area contributed by atoms with Crippen LogP contribution in [-0.4, -0.2) is 39.4 Å². The lowest BCUT2D eigenvalue weighted by Gasteiger charge is -2.24. The zero-order valence-corrected chi connectivity index (χ0v) is 14.8. The van der Waals surface area contributed by atoms with Gasteiger partial charge in [-0.25, -0.2) is 4.99 Å². The summed E-state index contributed by atoms with van der Waals surface area (Å²) in [6.45, 7) is 4.67. The summed E-state index contributed by atoms with van der Waals surface area (Å²) in [7, 11) is 0. The van der Waals surface area contributed by atoms with Crippen molar-refractivity contribution in [1.82, 2.24) is 4.98 Å². The van der Waals surface area contributed by atoms with Gasteiger partial charge in [0.15, 0.2) is 17.2 Å². The first-order chi connectivity index (χ1) is 10.7. The lowest BCUT2D eigenvalue weighted by atomic mass is 10.0. The van der Waals surface area contributed by atoms with E-state index in [9.17, 15) is 0 Å². The quantitative estimate of drug-likeness (QED) is 0.753. The van der Waals surface area contributed by atoms with Crippen molar-refractivity contribution in [2.45, 2.75) is 36.2 Å². The van der Waals surface area contributed by atoms with Crippen LogP contribution >= 0.6 is 27.7 Å². The summed E-state index contributed by atoms with van der Waals surface area (Å²) in [6.07, 6.45) is 4.32. The van der Waals surface area contributed by atoms with Gasteiger partial charge in [-0.2, -0.15) is 4.99 Å². The highest BCUT2D eigenvalue weighted by Crippen LogP contribution is 2.36. The molecule has 3 heterocycles. The molecule has 0 aromatic carbocycles. The number of alkyl halides is 1. The lowest BCUT2D eigenvalue weighted by Crippen LogP contribution is -2.35. The highest BCUT2D eigenvalue weighted by Gasteiger charge is 2.43. The Balaban J connectivity index is 1.88. The summed E-state index contributed by atoms with van der Waals surface area (Å²) >= 11 is 5.21. The van der Waals surface area contributed by atoms with Crippen molar-refractivity contribution < 1.29 is 4.74 Å². The number of aliphatic imine (C=N–C) groups is 3. The Labute approximate surface area is 142 Å². The summed E-state index contributed by atoms with van der Waals surface area (Å²) in [4.78, 5) is 19.3. The molecule has 5 nitrogen and oxygen atoms in total. The number of ether oxygens (including phenoxy) is 1. The maximum Gasteiger partial charge on any atom is 0.199 e. The van der Waals surface area contributed by atoms with Gasteiger partial charge < -0.3 is 4.74 Å². The van der Waals surface area contributed by atoms with Crippen LogP contribution in [0.4, 0.5) is 0 Å². The average Bonchev–Trinajstić information content (AvgIpc) is 2.85. The van der Waals surface area contributed by atoms with Crippen molar-refractivity contribution in [3.8, 4) is 0 Å². The van der Waals surface area contributed by atoms with Gasteiger partial charge in [-0.15, -0.1) is 0 Å². The maximum absolute atomic E-state index is 5.76. The number of thioether (sulfide) groups is 1. The Bertz CT molecular complexity index is 632. The number of rotatable bonds is 3. The second kappa shape index (κ2) is 6.91. The Morgan fingerprint density at radius 3 is 2.86 bits per heavy atom. The third-order valence-corrected chi connectivity index (χ3v) is 5.44. The van der Waals surface area contributed by atoms with E-state index in [-0.39, 0.29) is 16.9 Å². The molecule has 0 saturated heterocycles. The Kier molecular flexibility index (Phi) is 4.93. The molecule has 0 radical (unpaired) electrons. The fourth-order valence-corrected chi connectivity index (χ4v) is 4.19. The minimum Gasteiger partial charge on any atom is -0.481 e. The van der Waals surface area contributed by atoms with Gasteiger partial charge in [0.25, 0.3) is 0 Å². The Hall–Kier alpha value is -1.21. The number of nitrogens with zero attached hydrogens (tertiary/aromatic N) is 4. The van der Waals surface area contributed by atoms with Crippen molar-refractivity contribution in [3.05, 3.63) is 24.5 Å². The predicted octanol–water partition coefficient (Wildman–Crippen LogP) is 3.55. The van der Waals surface area contributed by atoms with E-state index < -0.39 is 0 Å². The highest BCUT2D eigenvalue weighted by molar-refractivity contribution is 9.10. The number of fused-ring (bicyclic) bond motifs is 1. The first-order valence-corrected chi connectivity index (χ1v) is 9.03. The topological polar surface area (TPSA) is 59.2 Å². The zero-order chi connectivity index (χ0) is 15.5. The molecule has 1 aromatic rings. The van der Waals surface area contributed by atoms with Crippen LogP contribution in [0.5, 0.6) is 0 Å². The van der Waals surface area contributed by atoms with Gasteiger partial charge in [0.05, 0.1) is 17.4 Å². The number of halogens is 1. The molecule has 0 aliphatic carbocycles. The third kappa shape index (κ3) is 3.10. The second-order valence-electron chi connectivity index (χ2n) is 4.90. The molecule has 3 atom stereocenters.